The number of hydrogen-bond acceptors (Lipinski definition) is 5. The van der Waals surface area contributed by atoms with Crippen LogP contribution in [-0.4, -0.2) is 57.9 Å². The standard InChI is InChI=1S/C24H26N6O2/c1-16-18(24(32)30-15-26-21(22(25)31)23(30)27-16)9-10-28-11-13-29(14-12-28)20-8-4-6-17-5-2-3-7-19(17)20/h2-8,15,27H,9-14H2,1H3,(H2,25,31). The Balaban J connectivity index is 1.28. The quantitative estimate of drug-likeness (QED) is 0.504. The number of nitrogens with one attached hydrogen (secondary N) is 1. The summed E-state index contributed by atoms with van der Waals surface area (Å²) in [7, 11) is 0. The van der Waals surface area contributed by atoms with Gasteiger partial charge in [0, 0.05) is 55.1 Å². The molecule has 164 valence electrons. The molecule has 0 aliphatic carbocycles. The third-order valence-electron chi connectivity index (χ3n) is 6.39. The minimum absolute atomic E-state index is 0.0845. The first kappa shape index (κ1) is 20.3. The summed E-state index contributed by atoms with van der Waals surface area (Å²) in [5, 5.41) is 2.55. The molecule has 0 bridgehead atoms. The summed E-state index contributed by atoms with van der Waals surface area (Å²) in [6, 6.07) is 15.0. The van der Waals surface area contributed by atoms with Crippen LogP contribution < -0.4 is 16.2 Å². The third-order valence-corrected chi connectivity index (χ3v) is 6.39. The highest BCUT2D eigenvalue weighted by Gasteiger charge is 2.20. The maximum Gasteiger partial charge on any atom is 0.271 e. The van der Waals surface area contributed by atoms with E-state index in [1.807, 2.05) is 6.92 Å². The number of amides is 1. The summed E-state index contributed by atoms with van der Waals surface area (Å²) in [4.78, 5) is 36.4. The molecule has 5 rings (SSSR count). The molecule has 3 heterocycles. The first-order valence-electron chi connectivity index (χ1n) is 10.9. The van der Waals surface area contributed by atoms with Crippen LogP contribution in [0.4, 0.5) is 5.69 Å². The number of imidazole rings is 1. The molecule has 0 saturated carbocycles. The zero-order valence-corrected chi connectivity index (χ0v) is 18.0. The van der Waals surface area contributed by atoms with Crippen LogP contribution in [0.2, 0.25) is 0 Å². The molecule has 3 N–H and O–H groups in total. The molecule has 0 spiro atoms. The minimum Gasteiger partial charge on any atom is -0.368 e. The smallest absolute Gasteiger partial charge is 0.271 e. The number of nitrogens with two attached hydrogens (primary N) is 1. The fourth-order valence-corrected chi connectivity index (χ4v) is 4.62. The number of anilines is 1. The number of hydrogen-bond donors (Lipinski definition) is 2. The largest absolute Gasteiger partial charge is 0.368 e. The molecule has 2 aromatic heterocycles. The van der Waals surface area contributed by atoms with Crippen molar-refractivity contribution in [1.82, 2.24) is 19.3 Å². The van der Waals surface area contributed by atoms with Crippen molar-refractivity contribution < 1.29 is 4.79 Å². The number of H-pyrrole nitrogens is 1. The molecule has 8 heteroatoms. The molecule has 4 aromatic rings. The van der Waals surface area contributed by atoms with Crippen LogP contribution in [0.15, 0.2) is 53.6 Å². The molecular weight excluding hydrogens is 404 g/mol. The van der Waals surface area contributed by atoms with E-state index in [0.29, 0.717) is 17.6 Å². The molecular formula is C24H26N6O2. The van der Waals surface area contributed by atoms with Gasteiger partial charge in [0.2, 0.25) is 0 Å². The van der Waals surface area contributed by atoms with Gasteiger partial charge in [0.05, 0.1) is 0 Å². The minimum atomic E-state index is -0.653. The second kappa shape index (κ2) is 8.12. The first-order valence-corrected chi connectivity index (χ1v) is 10.9. The van der Waals surface area contributed by atoms with Crippen LogP contribution in [0.25, 0.3) is 16.4 Å². The number of carbonyl (C=O) groups is 1. The van der Waals surface area contributed by atoms with Gasteiger partial charge in [-0.2, -0.15) is 0 Å². The molecule has 0 radical (unpaired) electrons. The van der Waals surface area contributed by atoms with Gasteiger partial charge in [-0.1, -0.05) is 36.4 Å². The molecule has 32 heavy (non-hydrogen) atoms. The average Bonchev–Trinajstić information content (AvgIpc) is 3.23. The van der Waals surface area contributed by atoms with E-state index in [0.717, 1.165) is 38.4 Å². The SMILES string of the molecule is Cc1[nH]c2c(C(N)=O)ncn2c(=O)c1CCN1CCN(c2cccc3ccccc23)CC1. The first-order chi connectivity index (χ1) is 15.5. The average molecular weight is 431 g/mol. The Morgan fingerprint density at radius 3 is 2.62 bits per heavy atom. The number of aryl methyl sites for hydroxylation is 1. The Labute approximate surface area is 185 Å². The number of aromatic nitrogens is 3. The van der Waals surface area contributed by atoms with E-state index in [2.05, 4.69) is 62.2 Å². The highest BCUT2D eigenvalue weighted by atomic mass is 16.1. The fraction of sp³-hybridized carbons (Fsp3) is 0.292. The van der Waals surface area contributed by atoms with Crippen molar-refractivity contribution in [3.8, 4) is 0 Å². The maximum absolute atomic E-state index is 12.9. The number of benzene rings is 2. The van der Waals surface area contributed by atoms with Crippen molar-refractivity contribution in [2.45, 2.75) is 13.3 Å². The Kier molecular flexibility index (Phi) is 5.14. The number of nitrogens with zero attached hydrogens (tertiary/aromatic N) is 4. The number of fused-ring (bicyclic) bond motifs is 2. The van der Waals surface area contributed by atoms with Crippen LogP contribution in [0, 0.1) is 6.92 Å². The van der Waals surface area contributed by atoms with E-state index in [9.17, 15) is 9.59 Å². The van der Waals surface area contributed by atoms with Crippen molar-refractivity contribution >= 4 is 28.0 Å². The Morgan fingerprint density at radius 1 is 1.09 bits per heavy atom. The van der Waals surface area contributed by atoms with Gasteiger partial charge in [-0.15, -0.1) is 0 Å². The monoisotopic (exact) mass is 430 g/mol. The predicted octanol–water partition coefficient (Wildman–Crippen LogP) is 1.95. The molecule has 1 amide bonds. The van der Waals surface area contributed by atoms with Gasteiger partial charge in [0.25, 0.3) is 11.5 Å². The van der Waals surface area contributed by atoms with Crippen molar-refractivity contribution in [3.63, 3.8) is 0 Å². The number of piperazine rings is 1. The van der Waals surface area contributed by atoms with Crippen molar-refractivity contribution in [2.75, 3.05) is 37.6 Å². The van der Waals surface area contributed by atoms with Gasteiger partial charge in [-0.3, -0.25) is 18.9 Å². The normalized spacial score (nSPS) is 15.0. The van der Waals surface area contributed by atoms with Gasteiger partial charge in [-0.05, 0) is 24.8 Å². The highest BCUT2D eigenvalue weighted by molar-refractivity contribution is 5.96. The summed E-state index contributed by atoms with van der Waals surface area (Å²) in [5.74, 6) is -0.653. The van der Waals surface area contributed by atoms with E-state index in [4.69, 9.17) is 5.73 Å². The summed E-state index contributed by atoms with van der Waals surface area (Å²) in [6.07, 6.45) is 2.00. The topological polar surface area (TPSA) is 99.7 Å². The Hall–Kier alpha value is -3.65. The van der Waals surface area contributed by atoms with Crippen LogP contribution in [0.5, 0.6) is 0 Å². The van der Waals surface area contributed by atoms with Crippen molar-refractivity contribution in [2.24, 2.45) is 5.73 Å². The number of rotatable bonds is 5. The molecule has 8 nitrogen and oxygen atoms in total. The van der Waals surface area contributed by atoms with Crippen LogP contribution in [0.1, 0.15) is 21.7 Å². The predicted molar refractivity (Wildman–Crippen MR) is 125 cm³/mol. The van der Waals surface area contributed by atoms with Crippen LogP contribution in [0.3, 0.4) is 0 Å². The summed E-state index contributed by atoms with van der Waals surface area (Å²) in [5.41, 5.74) is 8.39. The lowest BCUT2D eigenvalue weighted by molar-refractivity contribution is 0.0997. The molecule has 1 fully saturated rings. The zero-order valence-electron chi connectivity index (χ0n) is 18.0. The third kappa shape index (κ3) is 3.52. The number of carbonyl (C=O) groups excluding carboxylic acids is 1. The number of primary amides is 1. The summed E-state index contributed by atoms with van der Waals surface area (Å²) < 4.78 is 1.38. The fourth-order valence-electron chi connectivity index (χ4n) is 4.62. The number of aromatic amines is 1. The highest BCUT2D eigenvalue weighted by Crippen LogP contribution is 2.27. The van der Waals surface area contributed by atoms with Crippen molar-refractivity contribution in [3.05, 3.63) is 76.1 Å². The van der Waals surface area contributed by atoms with Crippen molar-refractivity contribution in [1.29, 1.82) is 0 Å². The van der Waals surface area contributed by atoms with E-state index >= 15 is 0 Å². The van der Waals surface area contributed by atoms with E-state index < -0.39 is 5.91 Å². The van der Waals surface area contributed by atoms with Gasteiger partial charge < -0.3 is 15.6 Å². The van der Waals surface area contributed by atoms with E-state index in [-0.39, 0.29) is 11.3 Å². The second-order valence-electron chi connectivity index (χ2n) is 8.29. The lowest BCUT2D eigenvalue weighted by atomic mass is 10.1. The Bertz CT molecular complexity index is 1360. The summed E-state index contributed by atoms with van der Waals surface area (Å²) >= 11 is 0. The lowest BCUT2D eigenvalue weighted by Crippen LogP contribution is -2.47. The van der Waals surface area contributed by atoms with Gasteiger partial charge in [0.1, 0.15) is 6.33 Å². The van der Waals surface area contributed by atoms with Crippen LogP contribution >= 0.6 is 0 Å². The molecule has 2 aromatic carbocycles. The second-order valence-corrected chi connectivity index (χ2v) is 8.29. The molecule has 0 atom stereocenters. The maximum atomic E-state index is 12.9. The zero-order chi connectivity index (χ0) is 22.2. The van der Waals surface area contributed by atoms with Gasteiger partial charge >= 0.3 is 0 Å². The Morgan fingerprint density at radius 2 is 1.84 bits per heavy atom. The van der Waals surface area contributed by atoms with E-state index in [1.54, 1.807) is 0 Å². The van der Waals surface area contributed by atoms with Gasteiger partial charge in [0.15, 0.2) is 11.3 Å². The molecule has 1 aliphatic heterocycles. The molecule has 0 unspecified atom stereocenters. The van der Waals surface area contributed by atoms with Gasteiger partial charge in [-0.25, -0.2) is 4.98 Å². The van der Waals surface area contributed by atoms with Crippen LogP contribution in [-0.2, 0) is 6.42 Å². The molecule has 1 aliphatic rings. The molecule has 1 saturated heterocycles. The lowest BCUT2D eigenvalue weighted by Gasteiger charge is -2.36. The summed E-state index contributed by atoms with van der Waals surface area (Å²) in [6.45, 7) is 6.44. The van der Waals surface area contributed by atoms with E-state index in [1.165, 1.54) is 27.2 Å².